The van der Waals surface area contributed by atoms with E-state index in [1.54, 1.807) is 0 Å². The Bertz CT molecular complexity index is 748. The highest BCUT2D eigenvalue weighted by Gasteiger charge is 2.31. The molecule has 1 unspecified atom stereocenters. The van der Waals surface area contributed by atoms with E-state index in [2.05, 4.69) is 10.6 Å². The smallest absolute Gasteiger partial charge is 0.251 e. The first kappa shape index (κ1) is 13.4. The number of carbonyl (C=O) groups excluding carboxylic acids is 1. The van der Waals surface area contributed by atoms with Crippen molar-refractivity contribution in [1.29, 1.82) is 0 Å². The molecule has 3 nitrogen and oxygen atoms in total. The lowest BCUT2D eigenvalue weighted by atomic mass is 10.1. The first-order valence-electron chi connectivity index (χ1n) is 5.97. The van der Waals surface area contributed by atoms with Crippen LogP contribution in [0.1, 0.15) is 11.6 Å². The van der Waals surface area contributed by atoms with Crippen molar-refractivity contribution in [3.05, 3.63) is 59.2 Å². The molecule has 0 spiro atoms. The van der Waals surface area contributed by atoms with Gasteiger partial charge in [0.15, 0.2) is 17.5 Å². The zero-order valence-electron chi connectivity index (χ0n) is 10.4. The predicted octanol–water partition coefficient (Wildman–Crippen LogP) is 3.35. The van der Waals surface area contributed by atoms with Crippen molar-refractivity contribution in [2.45, 2.75) is 6.04 Å². The molecular weight excluding hydrogens is 288 g/mol. The molecule has 0 radical (unpaired) electrons. The maximum atomic E-state index is 13.6. The Balaban J connectivity index is 1.97. The van der Waals surface area contributed by atoms with Crippen LogP contribution < -0.4 is 10.6 Å². The van der Waals surface area contributed by atoms with Crippen molar-refractivity contribution in [3.8, 4) is 0 Å². The van der Waals surface area contributed by atoms with Crippen molar-refractivity contribution in [1.82, 2.24) is 0 Å². The molecule has 2 aromatic rings. The average Bonchev–Trinajstić information content (AvgIpc) is 2.74. The number of hydrogen-bond acceptors (Lipinski definition) is 2. The summed E-state index contributed by atoms with van der Waals surface area (Å²) in [5.74, 6) is -5.44. The van der Waals surface area contributed by atoms with Crippen molar-refractivity contribution in [2.75, 3.05) is 10.6 Å². The summed E-state index contributed by atoms with van der Waals surface area (Å²) in [6, 6.07) is 4.35. The average molecular weight is 296 g/mol. The van der Waals surface area contributed by atoms with Gasteiger partial charge in [-0.1, -0.05) is 6.07 Å². The Morgan fingerprint density at radius 3 is 2.52 bits per heavy atom. The molecule has 21 heavy (non-hydrogen) atoms. The molecule has 0 aliphatic carbocycles. The quantitative estimate of drug-likeness (QED) is 0.659. The van der Waals surface area contributed by atoms with Crippen LogP contribution in [0.3, 0.4) is 0 Å². The van der Waals surface area contributed by atoms with Gasteiger partial charge >= 0.3 is 0 Å². The molecule has 108 valence electrons. The highest BCUT2D eigenvalue weighted by molar-refractivity contribution is 6.04. The molecule has 0 saturated carbocycles. The van der Waals surface area contributed by atoms with Gasteiger partial charge in [-0.25, -0.2) is 17.6 Å². The zero-order valence-corrected chi connectivity index (χ0v) is 10.4. The van der Waals surface area contributed by atoms with Gasteiger partial charge in [-0.15, -0.1) is 0 Å². The van der Waals surface area contributed by atoms with E-state index >= 15 is 0 Å². The third kappa shape index (κ3) is 2.20. The zero-order chi connectivity index (χ0) is 15.1. The van der Waals surface area contributed by atoms with Gasteiger partial charge in [0.05, 0.1) is 5.69 Å². The van der Waals surface area contributed by atoms with Crippen LogP contribution in [0.25, 0.3) is 0 Å². The van der Waals surface area contributed by atoms with Crippen molar-refractivity contribution in [2.24, 2.45) is 0 Å². The van der Waals surface area contributed by atoms with Gasteiger partial charge in [-0.3, -0.25) is 4.79 Å². The predicted molar refractivity (Wildman–Crippen MR) is 67.7 cm³/mol. The first-order valence-corrected chi connectivity index (χ1v) is 5.97. The summed E-state index contributed by atoms with van der Waals surface area (Å²) in [6.07, 6.45) is 0. The molecule has 0 bridgehead atoms. The van der Waals surface area contributed by atoms with E-state index in [0.29, 0.717) is 5.56 Å². The van der Waals surface area contributed by atoms with Crippen molar-refractivity contribution >= 4 is 17.3 Å². The first-order chi connectivity index (χ1) is 9.97. The summed E-state index contributed by atoms with van der Waals surface area (Å²) in [4.78, 5) is 11.8. The van der Waals surface area contributed by atoms with Crippen LogP contribution in [0.4, 0.5) is 28.9 Å². The summed E-state index contributed by atoms with van der Waals surface area (Å²) in [7, 11) is 0. The molecule has 1 aliphatic heterocycles. The molecule has 7 heteroatoms. The van der Waals surface area contributed by atoms with Gasteiger partial charge in [0, 0.05) is 11.3 Å². The van der Waals surface area contributed by atoms with E-state index in [1.807, 2.05) is 0 Å². The molecule has 0 aromatic heterocycles. The van der Waals surface area contributed by atoms with Crippen molar-refractivity contribution in [3.63, 3.8) is 0 Å². The molecule has 1 aliphatic rings. The Labute approximate surface area is 116 Å². The second-order valence-electron chi connectivity index (χ2n) is 4.52. The number of fused-ring (bicyclic) bond motifs is 1. The van der Waals surface area contributed by atoms with Gasteiger partial charge < -0.3 is 10.6 Å². The Kier molecular flexibility index (Phi) is 3.04. The second kappa shape index (κ2) is 4.76. The molecule has 2 N–H and O–H groups in total. The number of nitrogens with one attached hydrogen (secondary N) is 2. The summed E-state index contributed by atoms with van der Waals surface area (Å²) >= 11 is 0. The molecule has 2 aromatic carbocycles. The van der Waals surface area contributed by atoms with E-state index in [0.717, 1.165) is 24.3 Å². The van der Waals surface area contributed by atoms with Gasteiger partial charge in [0.1, 0.15) is 11.9 Å². The summed E-state index contributed by atoms with van der Waals surface area (Å²) in [6.45, 7) is 0. The van der Waals surface area contributed by atoms with Crippen LogP contribution in [0.2, 0.25) is 0 Å². The highest BCUT2D eigenvalue weighted by atomic mass is 19.2. The van der Waals surface area contributed by atoms with Gasteiger partial charge in [0.2, 0.25) is 0 Å². The number of hydrogen-bond donors (Lipinski definition) is 2. The lowest BCUT2D eigenvalue weighted by Crippen LogP contribution is -2.20. The molecular formula is C14H8F4N2O. The van der Waals surface area contributed by atoms with Crippen LogP contribution in [0.5, 0.6) is 0 Å². The Hall–Kier alpha value is -2.57. The number of amides is 1. The topological polar surface area (TPSA) is 41.1 Å². The number of rotatable bonds is 2. The van der Waals surface area contributed by atoms with Crippen LogP contribution >= 0.6 is 0 Å². The fourth-order valence-electron chi connectivity index (χ4n) is 2.17. The van der Waals surface area contributed by atoms with Crippen LogP contribution in [0.15, 0.2) is 30.3 Å². The van der Waals surface area contributed by atoms with E-state index in [9.17, 15) is 22.4 Å². The summed E-state index contributed by atoms with van der Waals surface area (Å²) < 4.78 is 52.7. The number of carbonyl (C=O) groups is 1. The molecule has 0 fully saturated rings. The van der Waals surface area contributed by atoms with Crippen molar-refractivity contribution < 1.29 is 22.4 Å². The normalized spacial score (nSPS) is 16.6. The van der Waals surface area contributed by atoms with Crippen LogP contribution in [-0.2, 0) is 4.79 Å². The Morgan fingerprint density at radius 1 is 1.00 bits per heavy atom. The largest absolute Gasteiger partial charge is 0.368 e. The van der Waals surface area contributed by atoms with Gasteiger partial charge in [-0.2, -0.15) is 0 Å². The molecule has 3 rings (SSSR count). The summed E-state index contributed by atoms with van der Waals surface area (Å²) in [5.41, 5.74) is 0.289. The van der Waals surface area contributed by atoms with Crippen LogP contribution in [0, 0.1) is 23.3 Å². The summed E-state index contributed by atoms with van der Waals surface area (Å²) in [5, 5.41) is 4.91. The standard InChI is InChI=1S/C14H8F4N2O/c15-6-1-2-7-10(5-6)20-14(21)13(7)19-9-4-3-8(16)11(17)12(9)18/h1-5,13,19H,(H,20,21). The minimum absolute atomic E-state index is 0.250. The van der Waals surface area contributed by atoms with Crippen LogP contribution in [-0.4, -0.2) is 5.91 Å². The minimum Gasteiger partial charge on any atom is -0.368 e. The van der Waals surface area contributed by atoms with E-state index in [4.69, 9.17) is 0 Å². The number of anilines is 2. The number of halogens is 4. The number of benzene rings is 2. The SMILES string of the molecule is O=C1Nc2cc(F)ccc2C1Nc1ccc(F)c(F)c1F. The minimum atomic E-state index is -1.63. The fourth-order valence-corrected chi connectivity index (χ4v) is 2.17. The highest BCUT2D eigenvalue weighted by Crippen LogP contribution is 2.34. The van der Waals surface area contributed by atoms with E-state index < -0.39 is 35.2 Å². The maximum Gasteiger partial charge on any atom is 0.251 e. The second-order valence-corrected chi connectivity index (χ2v) is 4.52. The van der Waals surface area contributed by atoms with Gasteiger partial charge in [0.25, 0.3) is 5.91 Å². The lowest BCUT2D eigenvalue weighted by molar-refractivity contribution is -0.116. The fraction of sp³-hybridized carbons (Fsp3) is 0.0714. The maximum absolute atomic E-state index is 13.6. The van der Waals surface area contributed by atoms with E-state index in [1.165, 1.54) is 6.07 Å². The van der Waals surface area contributed by atoms with Gasteiger partial charge in [-0.05, 0) is 24.3 Å². The Morgan fingerprint density at radius 2 is 1.76 bits per heavy atom. The molecule has 1 atom stereocenters. The lowest BCUT2D eigenvalue weighted by Gasteiger charge is -2.14. The molecule has 0 saturated heterocycles. The molecule has 1 heterocycles. The van der Waals surface area contributed by atoms with E-state index in [-0.39, 0.29) is 11.4 Å². The third-order valence-electron chi connectivity index (χ3n) is 3.18. The monoisotopic (exact) mass is 296 g/mol. The third-order valence-corrected chi connectivity index (χ3v) is 3.18. The molecule has 1 amide bonds.